The van der Waals surface area contributed by atoms with Crippen molar-refractivity contribution in [1.82, 2.24) is 9.97 Å². The third kappa shape index (κ3) is 3.04. The second kappa shape index (κ2) is 6.32. The van der Waals surface area contributed by atoms with Gasteiger partial charge >= 0.3 is 5.97 Å². The van der Waals surface area contributed by atoms with E-state index in [9.17, 15) is 4.79 Å². The summed E-state index contributed by atoms with van der Waals surface area (Å²) in [5.41, 5.74) is 4.00. The number of aromatic amines is 1. The van der Waals surface area contributed by atoms with Crippen molar-refractivity contribution in [2.45, 2.75) is 19.3 Å². The van der Waals surface area contributed by atoms with Crippen LogP contribution in [0.1, 0.15) is 18.4 Å². The molecule has 0 fully saturated rings. The van der Waals surface area contributed by atoms with Crippen molar-refractivity contribution in [3.05, 3.63) is 52.6 Å². The monoisotopic (exact) mass is 358 g/mol. The average molecular weight is 359 g/mol. The maximum absolute atomic E-state index is 10.8. The van der Waals surface area contributed by atoms with E-state index in [-0.39, 0.29) is 6.42 Å². The Morgan fingerprint density at radius 3 is 2.86 bits per heavy atom. The third-order valence-electron chi connectivity index (χ3n) is 3.61. The number of pyridine rings is 1. The van der Waals surface area contributed by atoms with Gasteiger partial charge in [0.1, 0.15) is 0 Å². The molecular weight excluding hydrogens is 344 g/mol. The summed E-state index contributed by atoms with van der Waals surface area (Å²) in [6.07, 6.45) is 3.24. The number of aryl methyl sites for hydroxylation is 1. The molecule has 0 radical (unpaired) electrons. The third-order valence-corrected chi connectivity index (χ3v) is 4.10. The smallest absolute Gasteiger partial charge is 0.303 e. The molecule has 1 aromatic carbocycles. The normalized spacial score (nSPS) is 11.0. The van der Waals surface area contributed by atoms with Crippen LogP contribution in [0.15, 0.2) is 47.1 Å². The second-order valence-corrected chi connectivity index (χ2v) is 6.05. The highest BCUT2D eigenvalue weighted by Crippen LogP contribution is 2.32. The highest BCUT2D eigenvalue weighted by molar-refractivity contribution is 9.10. The van der Waals surface area contributed by atoms with Crippen LogP contribution in [0.25, 0.3) is 22.3 Å². The molecule has 112 valence electrons. The number of rotatable bonds is 5. The molecule has 0 aliphatic heterocycles. The molecule has 2 aromatic heterocycles. The minimum absolute atomic E-state index is 0.169. The van der Waals surface area contributed by atoms with Crippen LogP contribution in [-0.4, -0.2) is 21.0 Å². The molecule has 0 bridgehead atoms. The molecule has 22 heavy (non-hydrogen) atoms. The number of hydrogen-bond donors (Lipinski definition) is 2. The summed E-state index contributed by atoms with van der Waals surface area (Å²) in [5, 5.41) is 9.97. The zero-order valence-corrected chi connectivity index (χ0v) is 13.4. The summed E-state index contributed by atoms with van der Waals surface area (Å²) in [6, 6.07) is 11.9. The van der Waals surface area contributed by atoms with E-state index < -0.39 is 5.97 Å². The van der Waals surface area contributed by atoms with Crippen molar-refractivity contribution in [2.24, 2.45) is 0 Å². The molecule has 0 saturated heterocycles. The molecule has 3 aromatic rings. The minimum atomic E-state index is -0.764. The molecule has 0 spiro atoms. The lowest BCUT2D eigenvalue weighted by Gasteiger charge is -2.04. The molecule has 0 unspecified atom stereocenters. The Balaban J connectivity index is 2.07. The Bertz CT molecular complexity index is 812. The topological polar surface area (TPSA) is 66.0 Å². The zero-order chi connectivity index (χ0) is 15.5. The van der Waals surface area contributed by atoms with Crippen LogP contribution in [0.3, 0.4) is 0 Å². The molecule has 0 atom stereocenters. The lowest BCUT2D eigenvalue weighted by atomic mass is 10.0. The van der Waals surface area contributed by atoms with Gasteiger partial charge in [-0.3, -0.25) is 9.78 Å². The van der Waals surface area contributed by atoms with Crippen molar-refractivity contribution in [3.8, 4) is 11.4 Å². The first kappa shape index (κ1) is 14.8. The number of fused-ring (bicyclic) bond motifs is 1. The Morgan fingerprint density at radius 2 is 2.14 bits per heavy atom. The van der Waals surface area contributed by atoms with Crippen LogP contribution in [0.4, 0.5) is 0 Å². The average Bonchev–Trinajstić information content (AvgIpc) is 2.86. The van der Waals surface area contributed by atoms with Gasteiger partial charge in [0.25, 0.3) is 0 Å². The quantitative estimate of drug-likeness (QED) is 0.710. The maximum Gasteiger partial charge on any atom is 0.303 e. The lowest BCUT2D eigenvalue weighted by molar-refractivity contribution is -0.137. The van der Waals surface area contributed by atoms with Crippen molar-refractivity contribution in [3.63, 3.8) is 0 Å². The number of nitrogens with zero attached hydrogens (tertiary/aromatic N) is 1. The highest BCUT2D eigenvalue weighted by Gasteiger charge is 2.14. The summed E-state index contributed by atoms with van der Waals surface area (Å²) in [7, 11) is 0. The SMILES string of the molecule is O=C(O)CCCc1c(-c2ccccn2)[nH]c2ccc(Br)cc12. The summed E-state index contributed by atoms with van der Waals surface area (Å²) in [6.45, 7) is 0. The summed E-state index contributed by atoms with van der Waals surface area (Å²) in [4.78, 5) is 18.6. The van der Waals surface area contributed by atoms with Gasteiger partial charge < -0.3 is 10.1 Å². The Kier molecular flexibility index (Phi) is 4.24. The summed E-state index contributed by atoms with van der Waals surface area (Å²) < 4.78 is 1.01. The molecular formula is C17H15BrN2O2. The van der Waals surface area contributed by atoms with Gasteiger partial charge in [0.05, 0.1) is 11.4 Å². The van der Waals surface area contributed by atoms with Crippen LogP contribution in [0.5, 0.6) is 0 Å². The number of nitrogens with one attached hydrogen (secondary N) is 1. The molecule has 2 heterocycles. The van der Waals surface area contributed by atoms with E-state index >= 15 is 0 Å². The van der Waals surface area contributed by atoms with E-state index in [1.165, 1.54) is 0 Å². The molecule has 4 nitrogen and oxygen atoms in total. The molecule has 3 rings (SSSR count). The predicted molar refractivity (Wildman–Crippen MR) is 89.8 cm³/mol. The van der Waals surface area contributed by atoms with Crippen molar-refractivity contribution < 1.29 is 9.90 Å². The highest BCUT2D eigenvalue weighted by atomic mass is 79.9. The molecule has 5 heteroatoms. The van der Waals surface area contributed by atoms with Gasteiger partial charge in [-0.25, -0.2) is 0 Å². The van der Waals surface area contributed by atoms with E-state index in [4.69, 9.17) is 5.11 Å². The standard InChI is InChI=1S/C17H15BrN2O2/c18-11-7-8-14-13(10-11)12(4-3-6-16(21)22)17(20-14)15-5-1-2-9-19-15/h1-2,5,7-10,20H,3-4,6H2,(H,21,22). The van der Waals surface area contributed by atoms with Crippen molar-refractivity contribution >= 4 is 32.8 Å². The largest absolute Gasteiger partial charge is 0.481 e. The van der Waals surface area contributed by atoms with Gasteiger partial charge in [-0.2, -0.15) is 0 Å². The molecule has 0 aliphatic rings. The fourth-order valence-electron chi connectivity index (χ4n) is 2.63. The number of halogens is 1. The molecule has 0 saturated carbocycles. The number of carbonyl (C=O) groups is 1. The summed E-state index contributed by atoms with van der Waals surface area (Å²) >= 11 is 3.50. The number of benzene rings is 1. The predicted octanol–water partition coefficient (Wildman–Crippen LogP) is 4.40. The number of carboxylic acid groups (broad SMARTS) is 1. The van der Waals surface area contributed by atoms with E-state index in [1.807, 2.05) is 30.3 Å². The zero-order valence-electron chi connectivity index (χ0n) is 11.8. The first-order valence-corrected chi connectivity index (χ1v) is 7.88. The van der Waals surface area contributed by atoms with Crippen LogP contribution < -0.4 is 0 Å². The van der Waals surface area contributed by atoms with E-state index in [0.717, 1.165) is 32.3 Å². The first-order chi connectivity index (χ1) is 10.6. The van der Waals surface area contributed by atoms with Gasteiger partial charge in [0, 0.05) is 28.0 Å². The van der Waals surface area contributed by atoms with Gasteiger partial charge in [0.2, 0.25) is 0 Å². The maximum atomic E-state index is 10.8. The Morgan fingerprint density at radius 1 is 1.27 bits per heavy atom. The van der Waals surface area contributed by atoms with E-state index in [2.05, 4.69) is 32.0 Å². The van der Waals surface area contributed by atoms with Crippen LogP contribution in [0.2, 0.25) is 0 Å². The van der Waals surface area contributed by atoms with Gasteiger partial charge in [-0.15, -0.1) is 0 Å². The van der Waals surface area contributed by atoms with Crippen molar-refractivity contribution in [1.29, 1.82) is 0 Å². The number of carboxylic acids is 1. The van der Waals surface area contributed by atoms with Crippen LogP contribution in [0, 0.1) is 0 Å². The number of aromatic nitrogens is 2. The van der Waals surface area contributed by atoms with E-state index in [1.54, 1.807) is 6.20 Å². The molecule has 0 aliphatic carbocycles. The molecule has 0 amide bonds. The Labute approximate surface area is 136 Å². The van der Waals surface area contributed by atoms with Gasteiger partial charge in [-0.05, 0) is 48.7 Å². The number of hydrogen-bond acceptors (Lipinski definition) is 2. The van der Waals surface area contributed by atoms with Gasteiger partial charge in [-0.1, -0.05) is 22.0 Å². The lowest BCUT2D eigenvalue weighted by Crippen LogP contribution is -1.97. The number of aliphatic carboxylic acids is 1. The fourth-order valence-corrected chi connectivity index (χ4v) is 2.99. The van der Waals surface area contributed by atoms with E-state index in [0.29, 0.717) is 12.8 Å². The first-order valence-electron chi connectivity index (χ1n) is 7.08. The second-order valence-electron chi connectivity index (χ2n) is 5.13. The van der Waals surface area contributed by atoms with Gasteiger partial charge in [0.15, 0.2) is 0 Å². The fraction of sp³-hybridized carbons (Fsp3) is 0.176. The minimum Gasteiger partial charge on any atom is -0.481 e. The van der Waals surface area contributed by atoms with Crippen LogP contribution in [-0.2, 0) is 11.2 Å². The molecule has 2 N–H and O–H groups in total. The summed E-state index contributed by atoms with van der Waals surface area (Å²) in [5.74, 6) is -0.764. The Hall–Kier alpha value is -2.14. The van der Waals surface area contributed by atoms with Crippen molar-refractivity contribution in [2.75, 3.05) is 0 Å². The number of H-pyrrole nitrogens is 1. The van der Waals surface area contributed by atoms with Crippen LogP contribution >= 0.6 is 15.9 Å².